The molecule has 1 aliphatic rings. The van der Waals surface area contributed by atoms with Crippen LogP contribution in [-0.2, 0) is 4.79 Å². The Hall–Kier alpha value is -1.01. The van der Waals surface area contributed by atoms with Crippen molar-refractivity contribution < 1.29 is 9.90 Å². The zero-order valence-electron chi connectivity index (χ0n) is 10.7. The quantitative estimate of drug-likeness (QED) is 0.759. The highest BCUT2D eigenvalue weighted by Crippen LogP contribution is 2.21. The van der Waals surface area contributed by atoms with Gasteiger partial charge in [-0.05, 0) is 26.2 Å². The van der Waals surface area contributed by atoms with E-state index in [-0.39, 0.29) is 18.1 Å². The van der Waals surface area contributed by atoms with Crippen LogP contribution in [0.5, 0.6) is 0 Å². The number of amides is 1. The van der Waals surface area contributed by atoms with E-state index >= 15 is 0 Å². The Balaban J connectivity index is 2.61. The standard InChI is InChI=1S/C14H23NO2/c1-3-4-9-14(17)15-10-7-5-6-8-13(15)11-12(2)16/h1,12-13,16H,4-11H2,2H3. The highest BCUT2D eigenvalue weighted by atomic mass is 16.3. The molecule has 0 aromatic heterocycles. The van der Waals surface area contributed by atoms with Crippen LogP contribution >= 0.6 is 0 Å². The minimum absolute atomic E-state index is 0.149. The number of rotatable bonds is 4. The summed E-state index contributed by atoms with van der Waals surface area (Å²) in [5, 5.41) is 9.50. The number of aliphatic hydroxyl groups is 1. The van der Waals surface area contributed by atoms with E-state index in [9.17, 15) is 9.90 Å². The second-order valence-electron chi connectivity index (χ2n) is 4.88. The van der Waals surface area contributed by atoms with Crippen LogP contribution in [0.15, 0.2) is 0 Å². The lowest BCUT2D eigenvalue weighted by Crippen LogP contribution is -2.41. The van der Waals surface area contributed by atoms with Crippen molar-refractivity contribution in [3.8, 4) is 12.3 Å². The van der Waals surface area contributed by atoms with Crippen molar-refractivity contribution in [2.75, 3.05) is 6.54 Å². The SMILES string of the molecule is C#CCCC(=O)N1CCCCCC1CC(C)O. The first kappa shape index (κ1) is 14.1. The molecule has 1 N–H and O–H groups in total. The van der Waals surface area contributed by atoms with Gasteiger partial charge in [0.25, 0.3) is 0 Å². The average Bonchev–Trinajstić information content (AvgIpc) is 2.50. The van der Waals surface area contributed by atoms with Crippen LogP contribution in [0.4, 0.5) is 0 Å². The molecule has 1 aliphatic heterocycles. The number of aliphatic hydroxyl groups excluding tert-OH is 1. The molecule has 1 fully saturated rings. The van der Waals surface area contributed by atoms with Gasteiger partial charge in [0.15, 0.2) is 0 Å². The summed E-state index contributed by atoms with van der Waals surface area (Å²) in [4.78, 5) is 14.0. The van der Waals surface area contributed by atoms with Gasteiger partial charge in [0.1, 0.15) is 0 Å². The van der Waals surface area contributed by atoms with Crippen LogP contribution in [0, 0.1) is 12.3 Å². The molecule has 17 heavy (non-hydrogen) atoms. The number of hydrogen-bond donors (Lipinski definition) is 1. The Morgan fingerprint density at radius 3 is 2.94 bits per heavy atom. The molecule has 0 saturated carbocycles. The van der Waals surface area contributed by atoms with E-state index in [1.165, 1.54) is 6.42 Å². The molecule has 2 atom stereocenters. The van der Waals surface area contributed by atoms with Gasteiger partial charge in [-0.3, -0.25) is 4.79 Å². The third kappa shape index (κ3) is 4.79. The van der Waals surface area contributed by atoms with Crippen LogP contribution in [-0.4, -0.2) is 34.6 Å². The zero-order valence-corrected chi connectivity index (χ0v) is 10.7. The fraction of sp³-hybridized carbons (Fsp3) is 0.786. The predicted octanol–water partition coefficient (Wildman–Crippen LogP) is 1.94. The molecule has 3 nitrogen and oxygen atoms in total. The molecule has 3 heteroatoms. The number of carbonyl (C=O) groups excluding carboxylic acids is 1. The number of terminal acetylenes is 1. The Morgan fingerprint density at radius 1 is 1.53 bits per heavy atom. The molecular formula is C14H23NO2. The van der Waals surface area contributed by atoms with Gasteiger partial charge in [0.2, 0.25) is 5.91 Å². The van der Waals surface area contributed by atoms with Crippen LogP contribution in [0.2, 0.25) is 0 Å². The summed E-state index contributed by atoms with van der Waals surface area (Å²) >= 11 is 0. The van der Waals surface area contributed by atoms with Crippen molar-refractivity contribution in [1.29, 1.82) is 0 Å². The second kappa shape index (κ2) is 7.34. The first-order valence-corrected chi connectivity index (χ1v) is 6.56. The van der Waals surface area contributed by atoms with Crippen LogP contribution < -0.4 is 0 Å². The van der Waals surface area contributed by atoms with Crippen LogP contribution in [0.25, 0.3) is 0 Å². The maximum atomic E-state index is 12.1. The fourth-order valence-electron chi connectivity index (χ4n) is 2.47. The summed E-state index contributed by atoms with van der Waals surface area (Å²) < 4.78 is 0. The summed E-state index contributed by atoms with van der Waals surface area (Å²) in [5.74, 6) is 2.66. The van der Waals surface area contributed by atoms with Gasteiger partial charge < -0.3 is 10.0 Å². The number of hydrogen-bond acceptors (Lipinski definition) is 2. The average molecular weight is 237 g/mol. The molecule has 96 valence electrons. The van der Waals surface area contributed by atoms with Crippen molar-refractivity contribution in [2.24, 2.45) is 0 Å². The normalized spacial score (nSPS) is 22.6. The summed E-state index contributed by atoms with van der Waals surface area (Å²) in [6.07, 6.45) is 10.9. The molecule has 0 aromatic carbocycles. The molecule has 1 rings (SSSR count). The Morgan fingerprint density at radius 2 is 2.29 bits per heavy atom. The molecule has 0 spiro atoms. The third-order valence-electron chi connectivity index (χ3n) is 3.29. The van der Waals surface area contributed by atoms with Gasteiger partial charge in [-0.2, -0.15) is 0 Å². The van der Waals surface area contributed by atoms with E-state index < -0.39 is 0 Å². The first-order chi connectivity index (χ1) is 8.15. The summed E-state index contributed by atoms with van der Waals surface area (Å²) in [6, 6.07) is 0.197. The van der Waals surface area contributed by atoms with E-state index in [2.05, 4.69) is 5.92 Å². The molecular weight excluding hydrogens is 214 g/mol. The van der Waals surface area contributed by atoms with Crippen molar-refractivity contribution in [2.45, 2.75) is 64.0 Å². The molecule has 1 saturated heterocycles. The molecule has 1 amide bonds. The molecule has 0 aliphatic carbocycles. The molecule has 0 aromatic rings. The minimum Gasteiger partial charge on any atom is -0.393 e. The fourth-order valence-corrected chi connectivity index (χ4v) is 2.47. The van der Waals surface area contributed by atoms with E-state index in [0.717, 1.165) is 25.8 Å². The Kier molecular flexibility index (Phi) is 6.07. The van der Waals surface area contributed by atoms with Crippen LogP contribution in [0.1, 0.15) is 51.9 Å². The lowest BCUT2D eigenvalue weighted by Gasteiger charge is -2.31. The van der Waals surface area contributed by atoms with Crippen molar-refractivity contribution >= 4 is 5.91 Å². The maximum Gasteiger partial charge on any atom is 0.223 e. The molecule has 0 bridgehead atoms. The van der Waals surface area contributed by atoms with Gasteiger partial charge in [0, 0.05) is 25.4 Å². The van der Waals surface area contributed by atoms with E-state index in [4.69, 9.17) is 6.42 Å². The van der Waals surface area contributed by atoms with Gasteiger partial charge in [-0.15, -0.1) is 12.3 Å². The summed E-state index contributed by atoms with van der Waals surface area (Å²) in [5.41, 5.74) is 0. The largest absolute Gasteiger partial charge is 0.393 e. The smallest absolute Gasteiger partial charge is 0.223 e. The zero-order chi connectivity index (χ0) is 12.7. The van der Waals surface area contributed by atoms with Gasteiger partial charge in [-0.25, -0.2) is 0 Å². The van der Waals surface area contributed by atoms with Gasteiger partial charge >= 0.3 is 0 Å². The Bertz CT molecular complexity index is 280. The topological polar surface area (TPSA) is 40.5 Å². The van der Waals surface area contributed by atoms with E-state index in [1.54, 1.807) is 6.92 Å². The molecule has 2 unspecified atom stereocenters. The van der Waals surface area contributed by atoms with Crippen molar-refractivity contribution in [3.05, 3.63) is 0 Å². The van der Waals surface area contributed by atoms with E-state index in [1.807, 2.05) is 4.90 Å². The third-order valence-corrected chi connectivity index (χ3v) is 3.29. The first-order valence-electron chi connectivity index (χ1n) is 6.56. The number of likely N-dealkylation sites (tertiary alicyclic amines) is 1. The maximum absolute atomic E-state index is 12.1. The van der Waals surface area contributed by atoms with Crippen LogP contribution in [0.3, 0.4) is 0 Å². The highest BCUT2D eigenvalue weighted by molar-refractivity contribution is 5.76. The lowest BCUT2D eigenvalue weighted by atomic mass is 10.0. The summed E-state index contributed by atoms with van der Waals surface area (Å²) in [7, 11) is 0. The second-order valence-corrected chi connectivity index (χ2v) is 4.88. The van der Waals surface area contributed by atoms with Gasteiger partial charge in [-0.1, -0.05) is 12.8 Å². The number of carbonyl (C=O) groups is 1. The van der Waals surface area contributed by atoms with E-state index in [0.29, 0.717) is 19.3 Å². The van der Waals surface area contributed by atoms with Crippen molar-refractivity contribution in [1.82, 2.24) is 4.90 Å². The predicted molar refractivity (Wildman–Crippen MR) is 68.3 cm³/mol. The molecule has 1 heterocycles. The molecule has 0 radical (unpaired) electrons. The Labute approximate surface area is 104 Å². The number of nitrogens with zero attached hydrogens (tertiary/aromatic N) is 1. The monoisotopic (exact) mass is 237 g/mol. The summed E-state index contributed by atoms with van der Waals surface area (Å²) in [6.45, 7) is 2.61. The minimum atomic E-state index is -0.346. The van der Waals surface area contributed by atoms with Gasteiger partial charge in [0.05, 0.1) is 6.10 Å². The highest BCUT2D eigenvalue weighted by Gasteiger charge is 2.25. The lowest BCUT2D eigenvalue weighted by molar-refractivity contribution is -0.133. The van der Waals surface area contributed by atoms with Crippen molar-refractivity contribution in [3.63, 3.8) is 0 Å².